The molecule has 5 nitrogen and oxygen atoms in total. The zero-order valence-electron chi connectivity index (χ0n) is 14.5. The van der Waals surface area contributed by atoms with Gasteiger partial charge in [-0.3, -0.25) is 14.4 Å². The summed E-state index contributed by atoms with van der Waals surface area (Å²) in [6.07, 6.45) is 1.71. The Kier molecular flexibility index (Phi) is 5.54. The first-order chi connectivity index (χ1) is 12.0. The molecular formula is C18H22BrFN4O. The van der Waals surface area contributed by atoms with E-state index in [4.69, 9.17) is 0 Å². The third-order valence-electron chi connectivity index (χ3n) is 4.74. The van der Waals surface area contributed by atoms with Crippen molar-refractivity contribution in [1.82, 2.24) is 19.6 Å². The molecule has 25 heavy (non-hydrogen) atoms. The molecule has 0 aliphatic carbocycles. The Morgan fingerprint density at radius 1 is 1.28 bits per heavy atom. The molecule has 0 saturated carbocycles. The maximum atomic E-state index is 13.8. The zero-order chi connectivity index (χ0) is 18.0. The second-order valence-corrected chi connectivity index (χ2v) is 7.25. The minimum atomic E-state index is -0.329. The molecule has 2 aromatic rings. The zero-order valence-corrected chi connectivity index (χ0v) is 16.0. The van der Waals surface area contributed by atoms with E-state index < -0.39 is 0 Å². The molecule has 1 aromatic carbocycles. The van der Waals surface area contributed by atoms with E-state index in [0.717, 1.165) is 23.3 Å². The van der Waals surface area contributed by atoms with Gasteiger partial charge in [0.2, 0.25) is 5.91 Å². The molecule has 0 spiro atoms. The molecule has 1 saturated heterocycles. The van der Waals surface area contributed by atoms with Gasteiger partial charge >= 0.3 is 0 Å². The van der Waals surface area contributed by atoms with E-state index in [9.17, 15) is 9.18 Å². The van der Waals surface area contributed by atoms with Crippen molar-refractivity contribution >= 4 is 21.8 Å². The van der Waals surface area contributed by atoms with Crippen LogP contribution in [0.15, 0.2) is 34.9 Å². The number of rotatable bonds is 4. The van der Waals surface area contributed by atoms with Gasteiger partial charge in [0.05, 0.1) is 16.4 Å². The summed E-state index contributed by atoms with van der Waals surface area (Å²) in [6.45, 7) is 7.19. The largest absolute Gasteiger partial charge is 0.338 e. The maximum absolute atomic E-state index is 13.8. The quantitative estimate of drug-likeness (QED) is 0.780. The van der Waals surface area contributed by atoms with E-state index in [1.165, 1.54) is 6.07 Å². The lowest BCUT2D eigenvalue weighted by Gasteiger charge is -2.36. The summed E-state index contributed by atoms with van der Waals surface area (Å²) in [7, 11) is 0. The fourth-order valence-corrected chi connectivity index (χ4v) is 3.43. The summed E-state index contributed by atoms with van der Waals surface area (Å²) >= 11 is 3.43. The average Bonchev–Trinajstić information content (AvgIpc) is 2.95. The minimum Gasteiger partial charge on any atom is -0.338 e. The van der Waals surface area contributed by atoms with Gasteiger partial charge in [-0.25, -0.2) is 4.39 Å². The van der Waals surface area contributed by atoms with Gasteiger partial charge in [0, 0.05) is 38.3 Å². The molecule has 0 bridgehead atoms. The van der Waals surface area contributed by atoms with Gasteiger partial charge in [-0.2, -0.15) is 5.10 Å². The first-order valence-corrected chi connectivity index (χ1v) is 9.21. The normalized spacial score (nSPS) is 16.9. The van der Waals surface area contributed by atoms with Crippen molar-refractivity contribution in [2.45, 2.75) is 26.4 Å². The third kappa shape index (κ3) is 3.93. The second-order valence-electron chi connectivity index (χ2n) is 6.39. The number of piperazine rings is 1. The van der Waals surface area contributed by atoms with Gasteiger partial charge in [-0.1, -0.05) is 18.2 Å². The van der Waals surface area contributed by atoms with Gasteiger partial charge in [0.1, 0.15) is 11.9 Å². The van der Waals surface area contributed by atoms with Crippen molar-refractivity contribution in [3.8, 4) is 0 Å². The number of nitrogens with zero attached hydrogens (tertiary/aromatic N) is 4. The molecule has 7 heteroatoms. The highest BCUT2D eigenvalue weighted by molar-refractivity contribution is 9.10. The van der Waals surface area contributed by atoms with E-state index in [-0.39, 0.29) is 17.8 Å². The topological polar surface area (TPSA) is 41.4 Å². The summed E-state index contributed by atoms with van der Waals surface area (Å²) in [6, 6.07) is 6.52. The lowest BCUT2D eigenvalue weighted by molar-refractivity contribution is -0.136. The van der Waals surface area contributed by atoms with Crippen molar-refractivity contribution in [2.24, 2.45) is 0 Å². The minimum absolute atomic E-state index is 0.0734. The highest BCUT2D eigenvalue weighted by Crippen LogP contribution is 2.20. The molecule has 1 amide bonds. The summed E-state index contributed by atoms with van der Waals surface area (Å²) in [5, 5.41) is 4.28. The number of amides is 1. The Morgan fingerprint density at radius 3 is 2.56 bits per heavy atom. The van der Waals surface area contributed by atoms with E-state index in [1.54, 1.807) is 16.9 Å². The van der Waals surface area contributed by atoms with Crippen LogP contribution in [0.1, 0.15) is 24.2 Å². The standard InChI is InChI=1S/C18H22BrFN4O/c1-13-16(19)11-21-24(13)14(2)18(25)23-9-7-22(8-10-23)12-15-5-3-4-6-17(15)20/h3-6,11,14H,7-10,12H2,1-2H3. The Balaban J connectivity index is 1.57. The predicted octanol–water partition coefficient (Wildman–Crippen LogP) is 3.00. The molecule has 134 valence electrons. The number of halogens is 2. The fraction of sp³-hybridized carbons (Fsp3) is 0.444. The molecule has 1 aliphatic rings. The molecule has 1 aliphatic heterocycles. The number of carbonyl (C=O) groups is 1. The number of benzene rings is 1. The van der Waals surface area contributed by atoms with E-state index in [0.29, 0.717) is 25.2 Å². The van der Waals surface area contributed by atoms with Crippen LogP contribution in [0, 0.1) is 12.7 Å². The van der Waals surface area contributed by atoms with Crippen LogP contribution in [0.3, 0.4) is 0 Å². The first kappa shape index (κ1) is 18.1. The molecule has 1 aromatic heterocycles. The Bertz CT molecular complexity index is 755. The third-order valence-corrected chi connectivity index (χ3v) is 5.52. The molecule has 3 rings (SSSR count). The van der Waals surface area contributed by atoms with Crippen molar-refractivity contribution in [3.63, 3.8) is 0 Å². The summed E-state index contributed by atoms with van der Waals surface area (Å²) in [5.74, 6) is -0.0985. The molecular weight excluding hydrogens is 387 g/mol. The van der Waals surface area contributed by atoms with Gasteiger partial charge < -0.3 is 4.90 Å². The maximum Gasteiger partial charge on any atom is 0.247 e. The van der Waals surface area contributed by atoms with Gasteiger partial charge in [0.15, 0.2) is 0 Å². The highest BCUT2D eigenvalue weighted by atomic mass is 79.9. The molecule has 0 radical (unpaired) electrons. The highest BCUT2D eigenvalue weighted by Gasteiger charge is 2.27. The van der Waals surface area contributed by atoms with Crippen molar-refractivity contribution in [1.29, 1.82) is 0 Å². The van der Waals surface area contributed by atoms with Crippen LogP contribution in [0.4, 0.5) is 4.39 Å². The number of carbonyl (C=O) groups excluding carboxylic acids is 1. The average molecular weight is 409 g/mol. The Hall–Kier alpha value is -1.73. The lowest BCUT2D eigenvalue weighted by atomic mass is 10.1. The van der Waals surface area contributed by atoms with Crippen molar-refractivity contribution in [2.75, 3.05) is 26.2 Å². The predicted molar refractivity (Wildman–Crippen MR) is 97.6 cm³/mol. The number of hydrogen-bond acceptors (Lipinski definition) is 3. The van der Waals surface area contributed by atoms with Crippen LogP contribution in [-0.2, 0) is 11.3 Å². The second kappa shape index (κ2) is 7.66. The summed E-state index contributed by atoms with van der Waals surface area (Å²) < 4.78 is 16.4. The van der Waals surface area contributed by atoms with Crippen LogP contribution in [0.25, 0.3) is 0 Å². The molecule has 1 fully saturated rings. The van der Waals surface area contributed by atoms with E-state index >= 15 is 0 Å². The van der Waals surface area contributed by atoms with Crippen LogP contribution in [-0.4, -0.2) is 51.7 Å². The molecule has 1 atom stereocenters. The van der Waals surface area contributed by atoms with Crippen molar-refractivity contribution < 1.29 is 9.18 Å². The first-order valence-electron chi connectivity index (χ1n) is 8.41. The van der Waals surface area contributed by atoms with Gasteiger partial charge in [0.25, 0.3) is 0 Å². The van der Waals surface area contributed by atoms with Crippen molar-refractivity contribution in [3.05, 3.63) is 52.0 Å². The number of hydrogen-bond donors (Lipinski definition) is 0. The van der Waals surface area contributed by atoms with Crippen LogP contribution in [0.5, 0.6) is 0 Å². The number of aromatic nitrogens is 2. The Labute approximate surface area is 155 Å². The molecule has 2 heterocycles. The Morgan fingerprint density at radius 2 is 1.96 bits per heavy atom. The summed E-state index contributed by atoms with van der Waals surface area (Å²) in [4.78, 5) is 16.8. The van der Waals surface area contributed by atoms with E-state index in [1.807, 2.05) is 30.9 Å². The summed E-state index contributed by atoms with van der Waals surface area (Å²) in [5.41, 5.74) is 1.65. The van der Waals surface area contributed by atoms with E-state index in [2.05, 4.69) is 25.9 Å². The SMILES string of the molecule is Cc1c(Br)cnn1C(C)C(=O)N1CCN(Cc2ccccc2F)CC1. The van der Waals surface area contributed by atoms with Crippen LogP contribution >= 0.6 is 15.9 Å². The molecule has 1 unspecified atom stereocenters. The fourth-order valence-electron chi connectivity index (χ4n) is 3.16. The van der Waals surface area contributed by atoms with Crippen LogP contribution < -0.4 is 0 Å². The monoisotopic (exact) mass is 408 g/mol. The van der Waals surface area contributed by atoms with Gasteiger partial charge in [-0.05, 0) is 35.8 Å². The van der Waals surface area contributed by atoms with Gasteiger partial charge in [-0.15, -0.1) is 0 Å². The lowest BCUT2D eigenvalue weighted by Crippen LogP contribution is -2.50. The smallest absolute Gasteiger partial charge is 0.247 e. The molecule has 0 N–H and O–H groups in total. The van der Waals surface area contributed by atoms with Crippen LogP contribution in [0.2, 0.25) is 0 Å².